The van der Waals surface area contributed by atoms with E-state index >= 15 is 0 Å². The Balaban J connectivity index is 1.27. The van der Waals surface area contributed by atoms with Crippen molar-refractivity contribution < 1.29 is 89.4 Å². The normalized spacial score (nSPS) is 26.5. The lowest BCUT2D eigenvalue weighted by Crippen LogP contribution is -2.66. The first-order valence-electron chi connectivity index (χ1n) is 41.4. The SMILES string of the molecule is CCCCCCC/C=C/CC/C=C/CC/C=C/C(O)C(COC1OC(CO)C(OC2OC(CO)C(OC3OC(CO)C(O)C(O)C3O)C(O)C2O)C(O)C1O)NC(=O)CCCCCCCCCCCCCCCCCCCCCCCCCCCCCCC/C=C\CCCCCCCCCC. The first-order valence-corrected chi connectivity index (χ1v) is 41.4. The average Bonchev–Trinajstić information content (AvgIpc) is 0.798. The maximum Gasteiger partial charge on any atom is 0.220 e. The molecule has 17 unspecified atom stereocenters. The molecule has 17 atom stereocenters. The zero-order valence-electron chi connectivity index (χ0n) is 63.4. The van der Waals surface area contributed by atoms with Crippen molar-refractivity contribution in [2.24, 2.45) is 0 Å². The predicted octanol–water partition coefficient (Wildman–Crippen LogP) is 14.1. The third kappa shape index (κ3) is 42.8. The van der Waals surface area contributed by atoms with Crippen LogP contribution in [0, 0.1) is 0 Å². The quantitative estimate of drug-likeness (QED) is 0.0199. The molecule has 3 fully saturated rings. The molecule has 0 spiro atoms. The maximum absolute atomic E-state index is 13.4. The average molecular weight is 1440 g/mol. The summed E-state index contributed by atoms with van der Waals surface area (Å²) in [6, 6.07) is -0.996. The fourth-order valence-electron chi connectivity index (χ4n) is 13.9. The van der Waals surface area contributed by atoms with Gasteiger partial charge in [0.2, 0.25) is 5.91 Å². The van der Waals surface area contributed by atoms with E-state index in [-0.39, 0.29) is 18.9 Å². The van der Waals surface area contributed by atoms with Gasteiger partial charge in [-0.25, -0.2) is 0 Å². The summed E-state index contributed by atoms with van der Waals surface area (Å²) in [4.78, 5) is 13.4. The lowest BCUT2D eigenvalue weighted by Gasteiger charge is -2.48. The zero-order valence-corrected chi connectivity index (χ0v) is 63.4. The number of rotatable bonds is 66. The van der Waals surface area contributed by atoms with Crippen molar-refractivity contribution in [3.05, 3.63) is 48.6 Å². The molecule has 3 heterocycles. The van der Waals surface area contributed by atoms with E-state index in [1.54, 1.807) is 6.08 Å². The molecular formula is C82H151NO18. The number of aliphatic hydroxyl groups is 11. The Morgan fingerprint density at radius 1 is 0.347 bits per heavy atom. The third-order valence-electron chi connectivity index (χ3n) is 20.6. The van der Waals surface area contributed by atoms with E-state index in [2.05, 4.69) is 55.6 Å². The zero-order chi connectivity index (χ0) is 73.2. The molecular weight excluding hydrogens is 1290 g/mol. The topological polar surface area (TPSA) is 307 Å². The molecule has 3 aliphatic rings. The minimum Gasteiger partial charge on any atom is -0.394 e. The van der Waals surface area contributed by atoms with Gasteiger partial charge in [0.1, 0.15) is 73.2 Å². The Morgan fingerprint density at radius 2 is 0.634 bits per heavy atom. The number of ether oxygens (including phenoxy) is 6. The second kappa shape index (κ2) is 62.8. The van der Waals surface area contributed by atoms with Crippen molar-refractivity contribution in [3.63, 3.8) is 0 Å². The number of hydrogen-bond donors (Lipinski definition) is 12. The van der Waals surface area contributed by atoms with Gasteiger partial charge < -0.3 is 89.9 Å². The summed E-state index contributed by atoms with van der Waals surface area (Å²) < 4.78 is 34.4. The molecule has 1 amide bonds. The van der Waals surface area contributed by atoms with E-state index in [0.717, 1.165) is 44.9 Å². The Hall–Kier alpha value is -2.25. The summed E-state index contributed by atoms with van der Waals surface area (Å²) in [6.07, 6.45) is 53.0. The summed E-state index contributed by atoms with van der Waals surface area (Å²) >= 11 is 0. The van der Waals surface area contributed by atoms with E-state index in [4.69, 9.17) is 28.4 Å². The van der Waals surface area contributed by atoms with Gasteiger partial charge in [-0.15, -0.1) is 0 Å². The molecule has 3 aliphatic heterocycles. The number of nitrogens with one attached hydrogen (secondary N) is 1. The van der Waals surface area contributed by atoms with Gasteiger partial charge in [-0.1, -0.05) is 306 Å². The van der Waals surface area contributed by atoms with E-state index < -0.39 is 124 Å². The highest BCUT2D eigenvalue weighted by Gasteiger charge is 2.54. The lowest BCUT2D eigenvalue weighted by molar-refractivity contribution is -0.379. The van der Waals surface area contributed by atoms with Gasteiger partial charge >= 0.3 is 0 Å². The summed E-state index contributed by atoms with van der Waals surface area (Å²) in [7, 11) is 0. The van der Waals surface area contributed by atoms with E-state index in [0.29, 0.717) is 12.8 Å². The summed E-state index contributed by atoms with van der Waals surface area (Å²) in [6.45, 7) is 1.72. The fourth-order valence-corrected chi connectivity index (χ4v) is 13.9. The maximum atomic E-state index is 13.4. The van der Waals surface area contributed by atoms with Gasteiger partial charge in [0, 0.05) is 6.42 Å². The summed E-state index contributed by atoms with van der Waals surface area (Å²) in [5.74, 6) is -0.285. The van der Waals surface area contributed by atoms with Crippen LogP contribution in [0.1, 0.15) is 335 Å². The molecule has 0 aromatic carbocycles. The van der Waals surface area contributed by atoms with Gasteiger partial charge in [0.05, 0.1) is 38.6 Å². The molecule has 0 aliphatic carbocycles. The second-order valence-corrected chi connectivity index (χ2v) is 29.6. The highest BCUT2D eigenvalue weighted by molar-refractivity contribution is 5.76. The van der Waals surface area contributed by atoms with Crippen LogP contribution in [0.15, 0.2) is 48.6 Å². The predicted molar refractivity (Wildman–Crippen MR) is 402 cm³/mol. The number of hydrogen-bond acceptors (Lipinski definition) is 18. The van der Waals surface area contributed by atoms with Crippen molar-refractivity contribution in [3.8, 4) is 0 Å². The summed E-state index contributed by atoms with van der Waals surface area (Å²) in [5.41, 5.74) is 0. The highest BCUT2D eigenvalue weighted by Crippen LogP contribution is 2.33. The molecule has 19 heteroatoms. The second-order valence-electron chi connectivity index (χ2n) is 29.6. The molecule has 3 saturated heterocycles. The van der Waals surface area contributed by atoms with Crippen molar-refractivity contribution in [1.82, 2.24) is 5.32 Å². The lowest BCUT2D eigenvalue weighted by atomic mass is 9.96. The molecule has 3 rings (SSSR count). The van der Waals surface area contributed by atoms with Crippen LogP contribution in [0.25, 0.3) is 0 Å². The van der Waals surface area contributed by atoms with E-state index in [9.17, 15) is 61.0 Å². The van der Waals surface area contributed by atoms with Crippen LogP contribution in [0.3, 0.4) is 0 Å². The van der Waals surface area contributed by atoms with Gasteiger partial charge in [0.15, 0.2) is 18.9 Å². The molecule has 0 bridgehead atoms. The fraction of sp³-hybridized carbons (Fsp3) is 0.890. The standard InChI is InChI=1S/C82H151NO18/c1-3-5-7-9-11-13-15-17-19-20-21-22-23-24-25-26-27-28-29-30-31-32-33-34-35-36-37-38-39-40-41-42-43-44-46-48-50-52-54-56-58-60-70(88)83-65(66(87)59-57-55-53-51-49-47-45-18-16-14-12-10-8-6-4-2)64-96-80-76(94)73(91)78(68(62-85)98-80)101-82-77(95)74(92)79(69(63-86)99-82)100-81-75(93)72(90)71(89)67(61-84)97-81/h16,18,20-21,49,51,57,59,65-69,71-82,84-87,89-95H,3-15,17,19,22-48,50,52-56,58,60-64H2,1-2H3,(H,83,88)/b18-16+,21-20-,51-49+,59-57+. The Bertz CT molecular complexity index is 2010. The minimum atomic E-state index is -1.98. The van der Waals surface area contributed by atoms with Crippen LogP contribution < -0.4 is 5.32 Å². The first kappa shape index (κ1) is 93.0. The number of amides is 1. The van der Waals surface area contributed by atoms with Gasteiger partial charge in [-0.05, 0) is 70.6 Å². The Morgan fingerprint density at radius 3 is 0.990 bits per heavy atom. The van der Waals surface area contributed by atoms with Crippen molar-refractivity contribution in [2.45, 2.75) is 439 Å². The number of allylic oxidation sites excluding steroid dienone is 7. The molecule has 0 aromatic heterocycles. The van der Waals surface area contributed by atoms with Crippen LogP contribution in [-0.2, 0) is 33.2 Å². The number of carbonyl (C=O) groups excluding carboxylic acids is 1. The molecule has 0 saturated carbocycles. The molecule has 101 heavy (non-hydrogen) atoms. The van der Waals surface area contributed by atoms with Crippen LogP contribution in [0.5, 0.6) is 0 Å². The van der Waals surface area contributed by atoms with Gasteiger partial charge in [0.25, 0.3) is 0 Å². The molecule has 19 nitrogen and oxygen atoms in total. The third-order valence-corrected chi connectivity index (χ3v) is 20.6. The van der Waals surface area contributed by atoms with Crippen molar-refractivity contribution in [2.75, 3.05) is 26.4 Å². The number of unbranched alkanes of at least 4 members (excludes halogenated alkanes) is 44. The van der Waals surface area contributed by atoms with Crippen LogP contribution in [-0.4, -0.2) is 193 Å². The van der Waals surface area contributed by atoms with Crippen LogP contribution in [0.2, 0.25) is 0 Å². The Kier molecular flexibility index (Phi) is 57.8. The van der Waals surface area contributed by atoms with Crippen LogP contribution >= 0.6 is 0 Å². The highest BCUT2D eigenvalue weighted by atomic mass is 16.8. The molecule has 0 radical (unpaired) electrons. The number of aliphatic hydroxyl groups excluding tert-OH is 11. The van der Waals surface area contributed by atoms with E-state index in [1.807, 2.05) is 6.08 Å². The summed E-state index contributed by atoms with van der Waals surface area (Å²) in [5, 5.41) is 121. The smallest absolute Gasteiger partial charge is 0.220 e. The molecule has 592 valence electrons. The molecule has 12 N–H and O–H groups in total. The molecule has 0 aromatic rings. The number of carbonyl (C=O) groups is 1. The van der Waals surface area contributed by atoms with Gasteiger partial charge in [-0.2, -0.15) is 0 Å². The van der Waals surface area contributed by atoms with Gasteiger partial charge in [-0.3, -0.25) is 4.79 Å². The monoisotopic (exact) mass is 1440 g/mol. The van der Waals surface area contributed by atoms with E-state index in [1.165, 1.54) is 257 Å². The largest absolute Gasteiger partial charge is 0.394 e. The minimum absolute atomic E-state index is 0.235. The first-order chi connectivity index (χ1) is 49.3. The Labute approximate surface area is 612 Å². The van der Waals surface area contributed by atoms with Crippen molar-refractivity contribution >= 4 is 5.91 Å². The van der Waals surface area contributed by atoms with Crippen LogP contribution in [0.4, 0.5) is 0 Å². The van der Waals surface area contributed by atoms with Crippen molar-refractivity contribution in [1.29, 1.82) is 0 Å².